The van der Waals surface area contributed by atoms with Gasteiger partial charge in [0.15, 0.2) is 0 Å². The summed E-state index contributed by atoms with van der Waals surface area (Å²) < 4.78 is 0. The number of nitrogens with zero attached hydrogens (tertiary/aromatic N) is 2. The molecule has 0 amide bonds. The van der Waals surface area contributed by atoms with Gasteiger partial charge in [0.2, 0.25) is 0 Å². The minimum Gasteiger partial charge on any atom is -0.763 e. The van der Waals surface area contributed by atoms with E-state index in [0.717, 1.165) is 10.8 Å². The number of halogens is 1. The van der Waals surface area contributed by atoms with Crippen molar-refractivity contribution in [3.05, 3.63) is 93.2 Å². The van der Waals surface area contributed by atoms with Gasteiger partial charge >= 0.3 is 17.1 Å². The summed E-state index contributed by atoms with van der Waals surface area (Å²) in [5.74, 6) is 1.95. The van der Waals surface area contributed by atoms with Crippen LogP contribution in [0.25, 0.3) is 11.0 Å². The molecule has 1 aliphatic rings. The van der Waals surface area contributed by atoms with Gasteiger partial charge in [0.05, 0.1) is 5.56 Å². The van der Waals surface area contributed by atoms with Crippen LogP contribution in [0.15, 0.2) is 66.8 Å². The zero-order chi connectivity index (χ0) is 15.1. The van der Waals surface area contributed by atoms with Gasteiger partial charge in [-0.25, -0.2) is 12.1 Å². The number of rotatable bonds is 0. The summed E-state index contributed by atoms with van der Waals surface area (Å²) in [6.07, 6.45) is 7.62. The Labute approximate surface area is 144 Å². The van der Waals surface area contributed by atoms with Crippen LogP contribution in [0.3, 0.4) is 0 Å². The van der Waals surface area contributed by atoms with Crippen molar-refractivity contribution in [2.75, 3.05) is 0 Å². The molecule has 0 unspecified atom stereocenters. The standard InChI is InChI=1S/C13H6ClN2.C5H5.Fe/c14-13-6-11(8-16)10(7-15)5-12(13)9-3-1-2-4-9;1-2-4-5-3-1;/h1-6H;1-5H;/q2*-1;+2. The molecule has 0 N–H and O–H groups in total. The van der Waals surface area contributed by atoms with Crippen molar-refractivity contribution in [2.45, 2.75) is 0 Å². The Morgan fingerprint density at radius 3 is 2.18 bits per heavy atom. The van der Waals surface area contributed by atoms with Crippen LogP contribution in [0, 0.1) is 11.3 Å². The molecular weight excluding hydrogens is 336 g/mol. The first-order valence-electron chi connectivity index (χ1n) is 6.28. The first kappa shape index (κ1) is 17.8. The molecule has 0 fully saturated rings. The van der Waals surface area contributed by atoms with Crippen LogP contribution < -0.4 is 10.4 Å². The van der Waals surface area contributed by atoms with Crippen LogP contribution in [0.5, 0.6) is 0 Å². The number of allylic oxidation sites excluding steroid dienone is 4. The fourth-order valence-corrected chi connectivity index (χ4v) is 2.13. The molecule has 0 radical (unpaired) electrons. The predicted octanol–water partition coefficient (Wildman–Crippen LogP) is 2.80. The van der Waals surface area contributed by atoms with E-state index in [1.807, 2.05) is 66.6 Å². The summed E-state index contributed by atoms with van der Waals surface area (Å²) in [5.41, 5.74) is 1.30. The molecule has 2 aromatic carbocycles. The average molecular weight is 347 g/mol. The van der Waals surface area contributed by atoms with Gasteiger partial charge in [-0.1, -0.05) is 35.9 Å². The molecular formula is C18H11ClFeN2. The molecule has 0 saturated carbocycles. The molecule has 1 aliphatic carbocycles. The molecule has 0 bridgehead atoms. The molecule has 4 heteroatoms. The first-order valence-corrected chi connectivity index (χ1v) is 6.66. The van der Waals surface area contributed by atoms with E-state index in [9.17, 15) is 0 Å². The number of nitriles is 1. The van der Waals surface area contributed by atoms with Crippen LogP contribution in [0.2, 0.25) is 5.02 Å². The van der Waals surface area contributed by atoms with Crippen molar-refractivity contribution in [1.82, 2.24) is 0 Å². The second-order valence-corrected chi connectivity index (χ2v) is 4.64. The van der Waals surface area contributed by atoms with E-state index in [-0.39, 0.29) is 17.1 Å². The van der Waals surface area contributed by atoms with E-state index in [1.165, 1.54) is 6.07 Å². The molecule has 2 nitrogen and oxygen atoms in total. The largest absolute Gasteiger partial charge is 2.00 e. The third-order valence-electron chi connectivity index (χ3n) is 2.88. The summed E-state index contributed by atoms with van der Waals surface area (Å²) in [4.78, 5) is 0. The molecule has 0 aromatic heterocycles. The van der Waals surface area contributed by atoms with Crippen molar-refractivity contribution in [2.24, 2.45) is 0 Å². The minimum absolute atomic E-state index is 0. The Kier molecular flexibility index (Phi) is 7.26. The first-order chi connectivity index (χ1) is 10.3. The maximum atomic E-state index is 8.92. The molecule has 0 atom stereocenters. The third kappa shape index (κ3) is 4.40. The minimum atomic E-state index is 0. The Hall–Kier alpha value is -2.20. The molecule has 108 valence electrons. The zero-order valence-corrected chi connectivity index (χ0v) is 13.3. The van der Waals surface area contributed by atoms with E-state index >= 15 is 0 Å². The maximum absolute atomic E-state index is 8.92. The van der Waals surface area contributed by atoms with Gasteiger partial charge in [-0.05, 0) is 17.7 Å². The third-order valence-corrected chi connectivity index (χ3v) is 3.19. The smallest absolute Gasteiger partial charge is 0.763 e. The fraction of sp³-hybridized carbons (Fsp3) is 0. The predicted molar refractivity (Wildman–Crippen MR) is 86.6 cm³/mol. The quantitative estimate of drug-likeness (QED) is 0.411. The monoisotopic (exact) mass is 346 g/mol. The van der Waals surface area contributed by atoms with Crippen LogP contribution in [0.1, 0.15) is 5.56 Å². The van der Waals surface area contributed by atoms with Gasteiger partial charge in [-0.3, -0.25) is 5.87 Å². The Morgan fingerprint density at radius 1 is 1.09 bits per heavy atom. The summed E-state index contributed by atoms with van der Waals surface area (Å²) in [6, 6.07) is 15.2. The van der Waals surface area contributed by atoms with E-state index in [2.05, 4.69) is 0 Å². The van der Waals surface area contributed by atoms with Crippen LogP contribution >= 0.6 is 11.6 Å². The molecule has 3 rings (SSSR count). The van der Waals surface area contributed by atoms with E-state index in [4.69, 9.17) is 22.3 Å². The van der Waals surface area contributed by atoms with Crippen molar-refractivity contribution in [1.29, 1.82) is 5.26 Å². The summed E-state index contributed by atoms with van der Waals surface area (Å²) in [5, 5.41) is 19.3. The topological polar surface area (TPSA) is 46.1 Å². The fourth-order valence-electron chi connectivity index (χ4n) is 1.85. The molecule has 0 saturated heterocycles. The van der Waals surface area contributed by atoms with Gasteiger partial charge in [-0.2, -0.15) is 23.5 Å². The number of hydrogen-bond acceptors (Lipinski definition) is 1. The Balaban J connectivity index is 0.000000344. The van der Waals surface area contributed by atoms with Crippen molar-refractivity contribution in [3.8, 4) is 6.07 Å². The van der Waals surface area contributed by atoms with Crippen LogP contribution in [0.4, 0.5) is 0 Å². The normalized spacial score (nSPS) is 11.0. The molecule has 0 aliphatic heterocycles. The Bertz CT molecular complexity index is 834. The van der Waals surface area contributed by atoms with Crippen molar-refractivity contribution in [3.63, 3.8) is 0 Å². The summed E-state index contributed by atoms with van der Waals surface area (Å²) in [7, 11) is 0. The molecule has 0 spiro atoms. The van der Waals surface area contributed by atoms with E-state index in [0.29, 0.717) is 15.8 Å². The second-order valence-electron chi connectivity index (χ2n) is 4.24. The van der Waals surface area contributed by atoms with Crippen LogP contribution in [-0.4, -0.2) is 5.87 Å². The van der Waals surface area contributed by atoms with Gasteiger partial charge in [-0.15, -0.1) is 0 Å². The van der Waals surface area contributed by atoms with Crippen LogP contribution in [-0.2, 0) is 17.1 Å². The van der Waals surface area contributed by atoms with Crippen molar-refractivity contribution < 1.29 is 17.1 Å². The zero-order valence-electron chi connectivity index (χ0n) is 11.5. The SMILES string of the molecule is N#Cc1cc(=C2C=CC=C2)c(Cl)cc1=C=[N-].[Fe+2].c1cc[cH-]c1. The number of hydrogen-bond donors (Lipinski definition) is 0. The Morgan fingerprint density at radius 2 is 1.73 bits per heavy atom. The van der Waals surface area contributed by atoms with Gasteiger partial charge < -0.3 is 5.41 Å². The van der Waals surface area contributed by atoms with Gasteiger partial charge in [0.1, 0.15) is 6.07 Å². The van der Waals surface area contributed by atoms with Crippen molar-refractivity contribution >= 4 is 23.0 Å². The molecule has 22 heavy (non-hydrogen) atoms. The summed E-state index contributed by atoms with van der Waals surface area (Å²) >= 11 is 6.07. The van der Waals surface area contributed by atoms with E-state index in [1.54, 1.807) is 6.07 Å². The summed E-state index contributed by atoms with van der Waals surface area (Å²) in [6.45, 7) is 0. The molecule has 0 heterocycles. The molecule has 2 aromatic rings. The maximum Gasteiger partial charge on any atom is 2.00 e. The van der Waals surface area contributed by atoms with Gasteiger partial charge in [0.25, 0.3) is 0 Å². The van der Waals surface area contributed by atoms with Gasteiger partial charge in [0, 0.05) is 15.5 Å². The number of benzene rings is 1. The van der Waals surface area contributed by atoms with E-state index < -0.39 is 0 Å². The average Bonchev–Trinajstić information content (AvgIpc) is 3.22. The second kappa shape index (κ2) is 8.95.